The molecule has 0 atom stereocenters. The molecular weight excluding hydrogens is 268 g/mol. The lowest BCUT2D eigenvalue weighted by molar-refractivity contribution is 0.185. The van der Waals surface area contributed by atoms with Crippen molar-refractivity contribution in [3.8, 4) is 0 Å². The first-order valence-corrected chi connectivity index (χ1v) is 6.36. The van der Waals surface area contributed by atoms with Crippen molar-refractivity contribution in [2.75, 3.05) is 30.0 Å². The smallest absolute Gasteiger partial charge is 0.0733 e. The molecule has 0 radical (unpaired) electrons. The molecule has 0 unspecified atom stereocenters. The summed E-state index contributed by atoms with van der Waals surface area (Å²) in [5.74, 6) is 0. The SMILES string of the molecule is COCc1cccc(N)c1N.Nc1cccc(CO)c1N. The van der Waals surface area contributed by atoms with Crippen LogP contribution in [0.5, 0.6) is 0 Å². The fourth-order valence-electron chi connectivity index (χ4n) is 1.69. The lowest BCUT2D eigenvalue weighted by atomic mass is 10.1. The Hall–Kier alpha value is -2.44. The molecule has 2 aromatic carbocycles. The van der Waals surface area contributed by atoms with E-state index in [0.717, 1.165) is 5.56 Å². The van der Waals surface area contributed by atoms with Crippen LogP contribution in [0.25, 0.3) is 0 Å². The van der Waals surface area contributed by atoms with Crippen molar-refractivity contribution in [1.29, 1.82) is 0 Å². The van der Waals surface area contributed by atoms with Crippen molar-refractivity contribution in [3.63, 3.8) is 0 Å². The van der Waals surface area contributed by atoms with Gasteiger partial charge in [-0.15, -0.1) is 0 Å². The summed E-state index contributed by atoms with van der Waals surface area (Å²) >= 11 is 0. The van der Waals surface area contributed by atoms with E-state index in [-0.39, 0.29) is 6.61 Å². The summed E-state index contributed by atoms with van der Waals surface area (Å²) in [6.45, 7) is 0.452. The van der Waals surface area contributed by atoms with E-state index in [2.05, 4.69) is 0 Å². The minimum atomic E-state index is -0.0587. The molecule has 0 heterocycles. The highest BCUT2D eigenvalue weighted by atomic mass is 16.5. The number of aliphatic hydroxyl groups excluding tert-OH is 1. The molecule has 0 aromatic heterocycles. The predicted molar refractivity (Wildman–Crippen MR) is 87.2 cm³/mol. The van der Waals surface area contributed by atoms with E-state index < -0.39 is 0 Å². The molecule has 6 heteroatoms. The Kier molecular flexibility index (Phi) is 6.32. The first kappa shape index (κ1) is 16.6. The maximum absolute atomic E-state index is 8.71. The number of hydrogen-bond acceptors (Lipinski definition) is 6. The zero-order valence-corrected chi connectivity index (χ0v) is 12.0. The molecule has 0 aliphatic carbocycles. The number of anilines is 4. The number of aliphatic hydroxyl groups is 1. The Morgan fingerprint density at radius 1 is 0.857 bits per heavy atom. The van der Waals surface area contributed by atoms with E-state index in [1.807, 2.05) is 12.1 Å². The van der Waals surface area contributed by atoms with Crippen LogP contribution in [0.15, 0.2) is 36.4 Å². The molecule has 0 saturated carbocycles. The van der Waals surface area contributed by atoms with Gasteiger partial charge in [0.05, 0.1) is 36.0 Å². The number of methoxy groups -OCH3 is 1. The predicted octanol–water partition coefficient (Wildman–Crippen LogP) is 1.34. The van der Waals surface area contributed by atoms with Crippen LogP contribution in [0, 0.1) is 0 Å². The quantitative estimate of drug-likeness (QED) is 0.542. The number of nitrogens with two attached hydrogens (primary N) is 4. The van der Waals surface area contributed by atoms with Gasteiger partial charge in [0.15, 0.2) is 0 Å². The van der Waals surface area contributed by atoms with E-state index in [0.29, 0.717) is 34.9 Å². The Bertz CT molecular complexity index is 588. The number of nitrogen functional groups attached to an aromatic ring is 4. The maximum atomic E-state index is 8.71. The molecule has 2 aromatic rings. The highest BCUT2D eigenvalue weighted by molar-refractivity contribution is 5.67. The van der Waals surface area contributed by atoms with Crippen LogP contribution in [-0.4, -0.2) is 12.2 Å². The largest absolute Gasteiger partial charge is 0.397 e. The molecule has 0 aliphatic rings. The monoisotopic (exact) mass is 290 g/mol. The van der Waals surface area contributed by atoms with Gasteiger partial charge in [-0.25, -0.2) is 0 Å². The second kappa shape index (κ2) is 7.98. The third kappa shape index (κ3) is 4.55. The van der Waals surface area contributed by atoms with Gasteiger partial charge in [0.1, 0.15) is 0 Å². The minimum absolute atomic E-state index is 0.0587. The number of ether oxygens (including phenoxy) is 1. The maximum Gasteiger partial charge on any atom is 0.0733 e. The summed E-state index contributed by atoms with van der Waals surface area (Å²) in [5.41, 5.74) is 26.0. The first-order chi connectivity index (χ1) is 10.0. The third-order valence-electron chi connectivity index (χ3n) is 2.93. The Morgan fingerprint density at radius 2 is 1.33 bits per heavy atom. The molecule has 0 aliphatic heterocycles. The van der Waals surface area contributed by atoms with Crippen molar-refractivity contribution in [1.82, 2.24) is 0 Å². The normalized spacial score (nSPS) is 9.81. The van der Waals surface area contributed by atoms with Gasteiger partial charge >= 0.3 is 0 Å². The van der Waals surface area contributed by atoms with E-state index in [1.165, 1.54) is 0 Å². The second-order valence-electron chi connectivity index (χ2n) is 4.43. The molecule has 21 heavy (non-hydrogen) atoms. The topological polar surface area (TPSA) is 134 Å². The zero-order chi connectivity index (χ0) is 15.8. The van der Waals surface area contributed by atoms with Crippen molar-refractivity contribution in [3.05, 3.63) is 47.5 Å². The van der Waals surface area contributed by atoms with Crippen LogP contribution in [0.1, 0.15) is 11.1 Å². The van der Waals surface area contributed by atoms with Crippen LogP contribution in [0.3, 0.4) is 0 Å². The summed E-state index contributed by atoms with van der Waals surface area (Å²) in [5, 5.41) is 8.71. The van der Waals surface area contributed by atoms with E-state index in [4.69, 9.17) is 32.8 Å². The molecule has 114 valence electrons. The lowest BCUT2D eigenvalue weighted by Gasteiger charge is -2.05. The van der Waals surface area contributed by atoms with Crippen LogP contribution in [-0.2, 0) is 18.0 Å². The molecule has 9 N–H and O–H groups in total. The average Bonchev–Trinajstić information content (AvgIpc) is 2.48. The lowest BCUT2D eigenvalue weighted by Crippen LogP contribution is -2.00. The van der Waals surface area contributed by atoms with E-state index in [1.54, 1.807) is 31.4 Å². The fourth-order valence-corrected chi connectivity index (χ4v) is 1.69. The highest BCUT2D eigenvalue weighted by Crippen LogP contribution is 2.19. The molecule has 0 spiro atoms. The number of para-hydroxylation sites is 2. The molecule has 0 bridgehead atoms. The molecule has 0 amide bonds. The van der Waals surface area contributed by atoms with Crippen molar-refractivity contribution in [2.24, 2.45) is 0 Å². The van der Waals surface area contributed by atoms with Gasteiger partial charge in [0, 0.05) is 18.2 Å². The van der Waals surface area contributed by atoms with Gasteiger partial charge in [0.2, 0.25) is 0 Å². The van der Waals surface area contributed by atoms with Gasteiger partial charge in [-0.2, -0.15) is 0 Å². The molecule has 0 saturated heterocycles. The fraction of sp³-hybridized carbons (Fsp3) is 0.200. The third-order valence-corrected chi connectivity index (χ3v) is 2.93. The average molecular weight is 290 g/mol. The summed E-state index contributed by atoms with van der Waals surface area (Å²) in [6, 6.07) is 10.7. The molecule has 0 fully saturated rings. The van der Waals surface area contributed by atoms with Crippen LogP contribution in [0.2, 0.25) is 0 Å². The Balaban J connectivity index is 0.000000211. The molecular formula is C15H22N4O2. The summed E-state index contributed by atoms with van der Waals surface area (Å²) in [4.78, 5) is 0. The van der Waals surface area contributed by atoms with Gasteiger partial charge in [-0.3, -0.25) is 0 Å². The first-order valence-electron chi connectivity index (χ1n) is 6.36. The van der Waals surface area contributed by atoms with Gasteiger partial charge in [0.25, 0.3) is 0 Å². The summed E-state index contributed by atoms with van der Waals surface area (Å²) in [7, 11) is 1.63. The zero-order valence-electron chi connectivity index (χ0n) is 12.0. The van der Waals surface area contributed by atoms with Crippen LogP contribution >= 0.6 is 0 Å². The van der Waals surface area contributed by atoms with Crippen LogP contribution < -0.4 is 22.9 Å². The highest BCUT2D eigenvalue weighted by Gasteiger charge is 2.00. The van der Waals surface area contributed by atoms with E-state index in [9.17, 15) is 0 Å². The minimum Gasteiger partial charge on any atom is -0.397 e. The number of rotatable bonds is 3. The summed E-state index contributed by atoms with van der Waals surface area (Å²) in [6.07, 6.45) is 0. The van der Waals surface area contributed by atoms with Gasteiger partial charge < -0.3 is 32.8 Å². The number of benzene rings is 2. The van der Waals surface area contributed by atoms with E-state index >= 15 is 0 Å². The van der Waals surface area contributed by atoms with Crippen molar-refractivity contribution < 1.29 is 9.84 Å². The summed E-state index contributed by atoms with van der Waals surface area (Å²) < 4.78 is 4.93. The van der Waals surface area contributed by atoms with Gasteiger partial charge in [-0.1, -0.05) is 24.3 Å². The van der Waals surface area contributed by atoms with Crippen LogP contribution in [0.4, 0.5) is 22.7 Å². The van der Waals surface area contributed by atoms with Crippen molar-refractivity contribution >= 4 is 22.7 Å². The van der Waals surface area contributed by atoms with Gasteiger partial charge in [-0.05, 0) is 12.1 Å². The molecule has 2 rings (SSSR count). The number of hydrogen-bond donors (Lipinski definition) is 5. The van der Waals surface area contributed by atoms with Crippen molar-refractivity contribution in [2.45, 2.75) is 13.2 Å². The Morgan fingerprint density at radius 3 is 1.76 bits per heavy atom. The molecule has 6 nitrogen and oxygen atoms in total. The Labute approximate surface area is 124 Å². The second-order valence-corrected chi connectivity index (χ2v) is 4.43. The standard InChI is InChI=1S/C8H12N2O.C7H10N2O/c1-11-5-6-3-2-4-7(9)8(6)10;8-6-3-1-2-5(4-10)7(6)9/h2-4H,5,9-10H2,1H3;1-3,10H,4,8-9H2.